The monoisotopic (exact) mass is 256 g/mol. The molecule has 0 aromatic heterocycles. The summed E-state index contributed by atoms with van der Waals surface area (Å²) >= 11 is 0. The van der Waals surface area contributed by atoms with Gasteiger partial charge in [-0.05, 0) is 12.5 Å². The number of carbonyl (C=O) groups excluding carboxylic acids is 1. The molecule has 2 atom stereocenters. The number of hydrogen-bond acceptors (Lipinski definition) is 4. The lowest BCUT2D eigenvalue weighted by molar-refractivity contribution is -0.117. The molecule has 0 bridgehead atoms. The molecule has 4 nitrogen and oxygen atoms in total. The number of hydrogen-bond donors (Lipinski definition) is 1. The summed E-state index contributed by atoms with van der Waals surface area (Å²) in [4.78, 5) is 12.2. The Balaban J connectivity index is 1.73. The van der Waals surface area contributed by atoms with Crippen LogP contribution in [-0.2, 0) is 9.53 Å². The molecule has 1 fully saturated rings. The fraction of sp³-hybridized carbons (Fsp3) is 0.333. The Kier molecular flexibility index (Phi) is 2.95. The topological polar surface area (TPSA) is 54.0 Å². The van der Waals surface area contributed by atoms with E-state index in [9.17, 15) is 4.79 Å². The molecule has 2 heterocycles. The molecule has 0 aliphatic carbocycles. The molecule has 0 unspecified atom stereocenters. The minimum absolute atomic E-state index is 0.000196. The van der Waals surface area contributed by atoms with E-state index in [1.54, 1.807) is 0 Å². The number of carbonyl (C=O) groups is 1. The van der Waals surface area contributed by atoms with Crippen molar-refractivity contribution in [1.82, 2.24) is 5.43 Å². The average Bonchev–Trinajstić information content (AvgIpc) is 3.03. The molecule has 19 heavy (non-hydrogen) atoms. The number of ether oxygens (including phenoxy) is 1. The standard InChI is InChI=1S/C15H16N2O2/c1-15(10-19-15)14(18)13-12(9-16-17-13)8-7-11-5-3-2-4-6-11/h2-8,12,16H,9-10H2,1H3/b8-7+/t12-,15-/m0/s1. The average molecular weight is 256 g/mol. The third-order valence-electron chi connectivity index (χ3n) is 3.47. The predicted octanol–water partition coefficient (Wildman–Crippen LogP) is 1.63. The van der Waals surface area contributed by atoms with E-state index in [0.29, 0.717) is 18.9 Å². The molecule has 98 valence electrons. The van der Waals surface area contributed by atoms with E-state index in [1.165, 1.54) is 0 Å². The van der Waals surface area contributed by atoms with Gasteiger partial charge >= 0.3 is 0 Å². The highest BCUT2D eigenvalue weighted by Gasteiger charge is 2.50. The number of Topliss-reactive ketones (excluding diaryl/α,β-unsaturated/α-hetero) is 1. The van der Waals surface area contributed by atoms with Crippen LogP contribution in [0.15, 0.2) is 41.5 Å². The fourth-order valence-electron chi connectivity index (χ4n) is 2.09. The first kappa shape index (κ1) is 12.1. The van der Waals surface area contributed by atoms with Gasteiger partial charge in [0.05, 0.1) is 6.61 Å². The summed E-state index contributed by atoms with van der Waals surface area (Å²) in [6.45, 7) is 2.98. The lowest BCUT2D eigenvalue weighted by Gasteiger charge is -2.08. The van der Waals surface area contributed by atoms with Crippen molar-refractivity contribution in [3.63, 3.8) is 0 Å². The molecule has 1 N–H and O–H groups in total. The first-order valence-electron chi connectivity index (χ1n) is 6.41. The molecule has 2 aliphatic heterocycles. The van der Waals surface area contributed by atoms with Crippen LogP contribution in [0.5, 0.6) is 0 Å². The molecular weight excluding hydrogens is 240 g/mol. The summed E-state index contributed by atoms with van der Waals surface area (Å²) in [7, 11) is 0. The summed E-state index contributed by atoms with van der Waals surface area (Å²) in [6, 6.07) is 10.0. The van der Waals surface area contributed by atoms with Gasteiger partial charge in [0.15, 0.2) is 5.60 Å². The second-order valence-electron chi connectivity index (χ2n) is 5.08. The Bertz CT molecular complexity index is 545. The van der Waals surface area contributed by atoms with Crippen LogP contribution in [0.4, 0.5) is 0 Å². The van der Waals surface area contributed by atoms with Gasteiger partial charge in [-0.15, -0.1) is 0 Å². The van der Waals surface area contributed by atoms with Crippen molar-refractivity contribution in [2.45, 2.75) is 12.5 Å². The van der Waals surface area contributed by atoms with E-state index in [2.05, 4.69) is 10.5 Å². The van der Waals surface area contributed by atoms with E-state index >= 15 is 0 Å². The van der Waals surface area contributed by atoms with Crippen LogP contribution in [0.25, 0.3) is 6.08 Å². The van der Waals surface area contributed by atoms with Crippen molar-refractivity contribution in [2.24, 2.45) is 11.0 Å². The maximum absolute atomic E-state index is 12.2. The molecule has 4 heteroatoms. The van der Waals surface area contributed by atoms with Crippen LogP contribution in [-0.4, -0.2) is 30.2 Å². The van der Waals surface area contributed by atoms with Gasteiger partial charge in [-0.1, -0.05) is 42.5 Å². The van der Waals surface area contributed by atoms with Crippen molar-refractivity contribution < 1.29 is 9.53 Å². The smallest absolute Gasteiger partial charge is 0.213 e. The lowest BCUT2D eigenvalue weighted by atomic mass is 9.93. The second kappa shape index (κ2) is 4.63. The molecule has 3 rings (SSSR count). The zero-order valence-electron chi connectivity index (χ0n) is 10.8. The molecule has 1 aromatic carbocycles. The third kappa shape index (κ3) is 2.44. The molecule has 1 aromatic rings. The van der Waals surface area contributed by atoms with Crippen LogP contribution >= 0.6 is 0 Å². The maximum Gasteiger partial charge on any atom is 0.213 e. The SMILES string of the molecule is C[C@@]1(C(=O)C2=NNC[C@@H]2/C=C/c2ccccc2)CO1. The van der Waals surface area contributed by atoms with Gasteiger partial charge in [-0.2, -0.15) is 5.10 Å². The van der Waals surface area contributed by atoms with E-state index in [-0.39, 0.29) is 11.7 Å². The second-order valence-corrected chi connectivity index (χ2v) is 5.08. The van der Waals surface area contributed by atoms with Gasteiger partial charge in [0.25, 0.3) is 0 Å². The number of nitrogens with one attached hydrogen (secondary N) is 1. The number of rotatable bonds is 4. The van der Waals surface area contributed by atoms with Crippen molar-refractivity contribution in [1.29, 1.82) is 0 Å². The van der Waals surface area contributed by atoms with Crippen molar-refractivity contribution in [3.05, 3.63) is 42.0 Å². The predicted molar refractivity (Wildman–Crippen MR) is 73.8 cm³/mol. The Morgan fingerprint density at radius 1 is 1.47 bits per heavy atom. The van der Waals surface area contributed by atoms with Crippen LogP contribution in [0.1, 0.15) is 12.5 Å². The zero-order chi connectivity index (χ0) is 13.3. The molecule has 1 saturated heterocycles. The van der Waals surface area contributed by atoms with Crippen molar-refractivity contribution >= 4 is 17.6 Å². The summed E-state index contributed by atoms with van der Waals surface area (Å²) in [5, 5.41) is 4.12. The van der Waals surface area contributed by atoms with Gasteiger partial charge in [0.1, 0.15) is 5.71 Å². The van der Waals surface area contributed by atoms with Gasteiger partial charge < -0.3 is 10.2 Å². The minimum Gasteiger partial charge on any atom is -0.361 e. The molecule has 0 amide bonds. The fourth-order valence-corrected chi connectivity index (χ4v) is 2.09. The third-order valence-corrected chi connectivity index (χ3v) is 3.47. The number of ketones is 1. The summed E-state index contributed by atoms with van der Waals surface area (Å²) < 4.78 is 5.20. The normalized spacial score (nSPS) is 29.1. The Morgan fingerprint density at radius 3 is 2.89 bits per heavy atom. The molecule has 2 aliphatic rings. The van der Waals surface area contributed by atoms with Gasteiger partial charge in [0.2, 0.25) is 5.78 Å². The Morgan fingerprint density at radius 2 is 2.21 bits per heavy atom. The Hall–Kier alpha value is -1.94. The number of epoxide rings is 1. The zero-order valence-corrected chi connectivity index (χ0v) is 10.8. The van der Waals surface area contributed by atoms with Crippen LogP contribution in [0.2, 0.25) is 0 Å². The highest BCUT2D eigenvalue weighted by atomic mass is 16.6. The Labute approximate surface area is 112 Å². The molecule has 0 saturated carbocycles. The quantitative estimate of drug-likeness (QED) is 0.833. The number of hydrazone groups is 1. The summed E-state index contributed by atoms with van der Waals surface area (Å²) in [5.74, 6) is 0.0222. The van der Waals surface area contributed by atoms with E-state index < -0.39 is 5.60 Å². The first-order valence-corrected chi connectivity index (χ1v) is 6.41. The summed E-state index contributed by atoms with van der Waals surface area (Å²) in [6.07, 6.45) is 4.05. The molecule has 0 radical (unpaired) electrons. The summed E-state index contributed by atoms with van der Waals surface area (Å²) in [5.41, 5.74) is 3.96. The highest BCUT2D eigenvalue weighted by Crippen LogP contribution is 2.29. The lowest BCUT2D eigenvalue weighted by Crippen LogP contribution is -2.32. The van der Waals surface area contributed by atoms with Crippen LogP contribution < -0.4 is 5.43 Å². The maximum atomic E-state index is 12.2. The number of nitrogens with zero attached hydrogens (tertiary/aromatic N) is 1. The largest absolute Gasteiger partial charge is 0.361 e. The molecular formula is C15H16N2O2. The highest BCUT2D eigenvalue weighted by molar-refractivity contribution is 6.44. The minimum atomic E-state index is -0.635. The van der Waals surface area contributed by atoms with Crippen molar-refractivity contribution in [2.75, 3.05) is 13.2 Å². The first-order chi connectivity index (χ1) is 9.19. The van der Waals surface area contributed by atoms with Gasteiger partial charge in [-0.25, -0.2) is 0 Å². The van der Waals surface area contributed by atoms with E-state index in [4.69, 9.17) is 4.74 Å². The van der Waals surface area contributed by atoms with Gasteiger partial charge in [-0.3, -0.25) is 4.79 Å². The van der Waals surface area contributed by atoms with Gasteiger partial charge in [0, 0.05) is 12.5 Å². The van der Waals surface area contributed by atoms with Crippen LogP contribution in [0.3, 0.4) is 0 Å². The number of benzene rings is 1. The van der Waals surface area contributed by atoms with Crippen molar-refractivity contribution in [3.8, 4) is 0 Å². The van der Waals surface area contributed by atoms with E-state index in [0.717, 1.165) is 5.56 Å². The van der Waals surface area contributed by atoms with E-state index in [1.807, 2.05) is 49.4 Å². The van der Waals surface area contributed by atoms with Crippen LogP contribution in [0, 0.1) is 5.92 Å². The molecule has 0 spiro atoms.